The number of carbonyl (C=O) groups is 1. The largest absolute Gasteiger partial charge is 0.497 e. The van der Waals surface area contributed by atoms with Crippen molar-refractivity contribution < 1.29 is 14.3 Å². The van der Waals surface area contributed by atoms with E-state index in [2.05, 4.69) is 4.74 Å². The third kappa shape index (κ3) is 2.62. The number of carbonyl (C=O) groups excluding carboxylic acids is 1. The first kappa shape index (κ1) is 11.4. The number of nitrogens with zero attached hydrogens (tertiary/aromatic N) is 1. The van der Waals surface area contributed by atoms with Gasteiger partial charge in [-0.05, 0) is 19.1 Å². The van der Waals surface area contributed by atoms with Crippen LogP contribution in [0, 0.1) is 0 Å². The fourth-order valence-corrected chi connectivity index (χ4v) is 1.31. The Balaban J connectivity index is 2.96. The van der Waals surface area contributed by atoms with Gasteiger partial charge >= 0.3 is 6.09 Å². The number of ether oxygens (including phenoxy) is 2. The summed E-state index contributed by atoms with van der Waals surface area (Å²) in [6.07, 6.45) is -0.370. The minimum absolute atomic E-state index is 0.370. The summed E-state index contributed by atoms with van der Waals surface area (Å²) in [5.41, 5.74) is 0.767. The van der Waals surface area contributed by atoms with Gasteiger partial charge in [0.2, 0.25) is 0 Å². The van der Waals surface area contributed by atoms with Crippen molar-refractivity contribution in [1.29, 1.82) is 0 Å². The first-order valence-electron chi connectivity index (χ1n) is 4.72. The third-order valence-corrected chi connectivity index (χ3v) is 2.08. The Bertz CT molecular complexity index is 338. The summed E-state index contributed by atoms with van der Waals surface area (Å²) in [7, 11) is 2.96. The molecule has 0 radical (unpaired) electrons. The molecule has 0 saturated heterocycles. The third-order valence-electron chi connectivity index (χ3n) is 2.08. The number of hydrogen-bond donors (Lipinski definition) is 0. The second-order valence-electron chi connectivity index (χ2n) is 2.92. The van der Waals surface area contributed by atoms with Crippen LogP contribution in [0.25, 0.3) is 0 Å². The van der Waals surface area contributed by atoms with Gasteiger partial charge in [-0.25, -0.2) is 4.79 Å². The molecule has 0 aliphatic carbocycles. The van der Waals surface area contributed by atoms with E-state index >= 15 is 0 Å². The lowest BCUT2D eigenvalue weighted by Gasteiger charge is -2.19. The van der Waals surface area contributed by atoms with Crippen molar-refractivity contribution in [3.63, 3.8) is 0 Å². The molecule has 0 spiro atoms. The number of amides is 1. The monoisotopic (exact) mass is 209 g/mol. The van der Waals surface area contributed by atoms with Gasteiger partial charge < -0.3 is 9.47 Å². The van der Waals surface area contributed by atoms with Crippen LogP contribution in [-0.4, -0.2) is 26.9 Å². The van der Waals surface area contributed by atoms with Gasteiger partial charge in [0.25, 0.3) is 0 Å². The molecule has 15 heavy (non-hydrogen) atoms. The summed E-state index contributed by atoms with van der Waals surface area (Å²) in [5.74, 6) is 0.717. The second kappa shape index (κ2) is 5.24. The number of anilines is 1. The van der Waals surface area contributed by atoms with Crippen LogP contribution in [-0.2, 0) is 4.74 Å². The maximum Gasteiger partial charge on any atom is 0.413 e. The molecular weight excluding hydrogens is 194 g/mol. The zero-order valence-electron chi connectivity index (χ0n) is 9.19. The molecule has 0 aliphatic rings. The number of methoxy groups -OCH3 is 2. The SMILES string of the molecule is CCN(C(=O)OC)c1cccc(OC)c1. The molecule has 82 valence electrons. The molecule has 1 rings (SSSR count). The Labute approximate surface area is 89.4 Å². The minimum atomic E-state index is -0.370. The molecule has 0 atom stereocenters. The van der Waals surface area contributed by atoms with Crippen LogP contribution in [0.15, 0.2) is 24.3 Å². The standard InChI is InChI=1S/C11H15NO3/c1-4-12(11(13)15-3)9-6-5-7-10(8-9)14-2/h5-8H,4H2,1-3H3. The van der Waals surface area contributed by atoms with Gasteiger partial charge in [0.15, 0.2) is 0 Å². The van der Waals surface area contributed by atoms with Gasteiger partial charge in [0.05, 0.1) is 19.9 Å². The lowest BCUT2D eigenvalue weighted by Crippen LogP contribution is -2.30. The molecule has 1 aromatic rings. The number of rotatable bonds is 3. The van der Waals surface area contributed by atoms with Crippen molar-refractivity contribution in [3.05, 3.63) is 24.3 Å². The second-order valence-corrected chi connectivity index (χ2v) is 2.92. The topological polar surface area (TPSA) is 38.8 Å². The Kier molecular flexibility index (Phi) is 3.97. The van der Waals surface area contributed by atoms with Gasteiger partial charge in [-0.2, -0.15) is 0 Å². The smallest absolute Gasteiger partial charge is 0.413 e. The summed E-state index contributed by atoms with van der Waals surface area (Å²) in [5, 5.41) is 0. The number of hydrogen-bond acceptors (Lipinski definition) is 3. The van der Waals surface area contributed by atoms with E-state index in [9.17, 15) is 4.79 Å². The minimum Gasteiger partial charge on any atom is -0.497 e. The molecule has 0 aromatic heterocycles. The van der Waals surface area contributed by atoms with E-state index in [1.165, 1.54) is 12.0 Å². The summed E-state index contributed by atoms with van der Waals surface area (Å²) >= 11 is 0. The lowest BCUT2D eigenvalue weighted by molar-refractivity contribution is 0.179. The predicted octanol–water partition coefficient (Wildman–Crippen LogP) is 2.29. The predicted molar refractivity (Wildman–Crippen MR) is 58.4 cm³/mol. The molecule has 0 unspecified atom stereocenters. The molecule has 1 aromatic carbocycles. The maximum absolute atomic E-state index is 11.4. The fourth-order valence-electron chi connectivity index (χ4n) is 1.31. The van der Waals surface area contributed by atoms with Crippen LogP contribution >= 0.6 is 0 Å². The van der Waals surface area contributed by atoms with Crippen LogP contribution in [0.2, 0.25) is 0 Å². The number of benzene rings is 1. The highest BCUT2D eigenvalue weighted by molar-refractivity contribution is 5.87. The van der Waals surface area contributed by atoms with Crippen molar-refractivity contribution in [3.8, 4) is 5.75 Å². The lowest BCUT2D eigenvalue weighted by atomic mass is 10.3. The van der Waals surface area contributed by atoms with Crippen LogP contribution in [0.1, 0.15) is 6.92 Å². The van der Waals surface area contributed by atoms with Gasteiger partial charge in [-0.1, -0.05) is 6.07 Å². The van der Waals surface area contributed by atoms with E-state index in [1.54, 1.807) is 13.2 Å². The fraction of sp³-hybridized carbons (Fsp3) is 0.364. The van der Waals surface area contributed by atoms with E-state index in [0.29, 0.717) is 6.54 Å². The normalized spacial score (nSPS) is 9.53. The first-order chi connectivity index (χ1) is 7.22. The zero-order valence-corrected chi connectivity index (χ0v) is 9.19. The van der Waals surface area contributed by atoms with E-state index in [4.69, 9.17) is 4.74 Å². The zero-order chi connectivity index (χ0) is 11.3. The highest BCUT2D eigenvalue weighted by Gasteiger charge is 2.13. The van der Waals surface area contributed by atoms with Crippen LogP contribution in [0.5, 0.6) is 5.75 Å². The molecule has 0 N–H and O–H groups in total. The van der Waals surface area contributed by atoms with Crippen molar-refractivity contribution in [1.82, 2.24) is 0 Å². The Morgan fingerprint density at radius 1 is 1.40 bits per heavy atom. The first-order valence-corrected chi connectivity index (χ1v) is 4.72. The van der Waals surface area contributed by atoms with E-state index < -0.39 is 0 Å². The van der Waals surface area contributed by atoms with Gasteiger partial charge in [-0.15, -0.1) is 0 Å². The van der Waals surface area contributed by atoms with Crippen molar-refractivity contribution >= 4 is 11.8 Å². The van der Waals surface area contributed by atoms with E-state index in [1.807, 2.05) is 25.1 Å². The molecule has 4 heteroatoms. The molecule has 0 bridgehead atoms. The summed E-state index contributed by atoms with van der Waals surface area (Å²) in [6.45, 7) is 2.44. The Morgan fingerprint density at radius 2 is 2.13 bits per heavy atom. The quantitative estimate of drug-likeness (QED) is 0.766. The molecule has 0 heterocycles. The van der Waals surface area contributed by atoms with Crippen molar-refractivity contribution in [2.75, 3.05) is 25.7 Å². The van der Waals surface area contributed by atoms with Gasteiger partial charge in [-0.3, -0.25) is 4.90 Å². The van der Waals surface area contributed by atoms with Crippen LogP contribution in [0.3, 0.4) is 0 Å². The molecule has 4 nitrogen and oxygen atoms in total. The molecule has 0 aliphatic heterocycles. The summed E-state index contributed by atoms with van der Waals surface area (Å²) in [6, 6.07) is 7.29. The van der Waals surface area contributed by atoms with Crippen LogP contribution in [0.4, 0.5) is 10.5 Å². The van der Waals surface area contributed by atoms with Gasteiger partial charge in [0, 0.05) is 12.6 Å². The summed E-state index contributed by atoms with van der Waals surface area (Å²) in [4.78, 5) is 12.9. The average molecular weight is 209 g/mol. The Hall–Kier alpha value is -1.71. The van der Waals surface area contributed by atoms with Crippen molar-refractivity contribution in [2.45, 2.75) is 6.92 Å². The molecule has 1 amide bonds. The summed E-state index contributed by atoms with van der Waals surface area (Å²) < 4.78 is 9.76. The van der Waals surface area contributed by atoms with Crippen molar-refractivity contribution in [2.24, 2.45) is 0 Å². The Morgan fingerprint density at radius 3 is 2.67 bits per heavy atom. The van der Waals surface area contributed by atoms with Gasteiger partial charge in [0.1, 0.15) is 5.75 Å². The van der Waals surface area contributed by atoms with Crippen LogP contribution < -0.4 is 9.64 Å². The molecular formula is C11H15NO3. The van der Waals surface area contributed by atoms with E-state index in [-0.39, 0.29) is 6.09 Å². The van der Waals surface area contributed by atoms with E-state index in [0.717, 1.165) is 11.4 Å². The molecule has 0 saturated carbocycles. The average Bonchev–Trinajstić information content (AvgIpc) is 2.30. The molecule has 0 fully saturated rings. The highest BCUT2D eigenvalue weighted by atomic mass is 16.5. The highest BCUT2D eigenvalue weighted by Crippen LogP contribution is 2.21. The maximum atomic E-state index is 11.4.